The first-order valence-corrected chi connectivity index (χ1v) is 7.73. The van der Waals surface area contributed by atoms with Gasteiger partial charge >= 0.3 is 0 Å². The number of hydrogen-bond acceptors (Lipinski definition) is 3. The van der Waals surface area contributed by atoms with Crippen LogP contribution >= 0.6 is 0 Å². The lowest BCUT2D eigenvalue weighted by Crippen LogP contribution is -2.35. The Labute approximate surface area is 130 Å². The van der Waals surface area contributed by atoms with E-state index in [2.05, 4.69) is 44.4 Å². The molecule has 1 atom stereocenters. The van der Waals surface area contributed by atoms with Gasteiger partial charge in [0.15, 0.2) is 0 Å². The summed E-state index contributed by atoms with van der Waals surface area (Å²) in [6.45, 7) is 14.7. The van der Waals surface area contributed by atoms with Crippen LogP contribution in [0.1, 0.15) is 46.5 Å². The van der Waals surface area contributed by atoms with Gasteiger partial charge in [-0.15, -0.1) is 0 Å². The second-order valence-electron chi connectivity index (χ2n) is 5.71. The number of rotatable bonds is 10. The van der Waals surface area contributed by atoms with Gasteiger partial charge < -0.3 is 10.2 Å². The predicted molar refractivity (Wildman–Crippen MR) is 91.4 cm³/mol. The summed E-state index contributed by atoms with van der Waals surface area (Å²) in [6.07, 6.45) is 4.01. The minimum Gasteiger partial charge on any atom is -0.371 e. The van der Waals surface area contributed by atoms with Gasteiger partial charge in [-0.2, -0.15) is 0 Å². The number of nitrogens with zero attached hydrogens (tertiary/aromatic N) is 2. The molecule has 0 aliphatic carbocycles. The lowest BCUT2D eigenvalue weighted by molar-refractivity contribution is -0.119. The molecule has 120 valence electrons. The van der Waals surface area contributed by atoms with Crippen LogP contribution in [0.2, 0.25) is 0 Å². The smallest absolute Gasteiger partial charge is 0.269 e. The van der Waals surface area contributed by atoms with Crippen molar-refractivity contribution in [2.45, 2.75) is 46.5 Å². The summed E-state index contributed by atoms with van der Waals surface area (Å²) in [6, 6.07) is 0. The normalized spacial score (nSPS) is 13.2. The van der Waals surface area contributed by atoms with E-state index in [4.69, 9.17) is 0 Å². The van der Waals surface area contributed by atoms with E-state index in [9.17, 15) is 4.79 Å². The van der Waals surface area contributed by atoms with Gasteiger partial charge in [-0.1, -0.05) is 40.2 Å². The molecular formula is C17H31N3O. The molecule has 0 fully saturated rings. The Morgan fingerprint density at radius 3 is 2.33 bits per heavy atom. The third-order valence-electron chi connectivity index (χ3n) is 3.32. The molecule has 0 bridgehead atoms. The van der Waals surface area contributed by atoms with Crippen LogP contribution in [-0.2, 0) is 4.79 Å². The number of amides is 1. The van der Waals surface area contributed by atoms with E-state index in [1.165, 1.54) is 0 Å². The Morgan fingerprint density at radius 2 is 1.90 bits per heavy atom. The van der Waals surface area contributed by atoms with Crippen molar-refractivity contribution in [1.82, 2.24) is 10.2 Å². The van der Waals surface area contributed by atoms with Crippen molar-refractivity contribution in [3.05, 3.63) is 23.5 Å². The van der Waals surface area contributed by atoms with E-state index in [0.717, 1.165) is 31.3 Å². The topological polar surface area (TPSA) is 44.7 Å². The number of carbonyl (C=O) groups is 1. The highest BCUT2D eigenvalue weighted by Gasteiger charge is 2.19. The van der Waals surface area contributed by atoms with Crippen LogP contribution in [0.25, 0.3) is 0 Å². The molecule has 0 aliphatic heterocycles. The van der Waals surface area contributed by atoms with Gasteiger partial charge in [-0.05, 0) is 31.1 Å². The largest absolute Gasteiger partial charge is 0.371 e. The Balaban J connectivity index is 5.14. The summed E-state index contributed by atoms with van der Waals surface area (Å²) in [7, 11) is 3.68. The number of hydrogen-bond donors (Lipinski definition) is 1. The van der Waals surface area contributed by atoms with Crippen molar-refractivity contribution in [3.8, 4) is 0 Å². The zero-order chi connectivity index (χ0) is 16.4. The van der Waals surface area contributed by atoms with Crippen LogP contribution in [0.3, 0.4) is 0 Å². The first-order chi connectivity index (χ1) is 9.88. The molecule has 0 saturated heterocycles. The Hall–Kier alpha value is -1.58. The third kappa shape index (κ3) is 6.61. The Bertz CT molecular complexity index is 397. The number of allylic oxidation sites excluding steroid dienone is 1. The molecule has 0 aromatic rings. The van der Waals surface area contributed by atoms with Crippen molar-refractivity contribution in [1.29, 1.82) is 0 Å². The maximum absolute atomic E-state index is 12.5. The number of carbonyl (C=O) groups excluding carboxylic acids is 1. The molecule has 0 rings (SSSR count). The summed E-state index contributed by atoms with van der Waals surface area (Å²) in [4.78, 5) is 18.3. The van der Waals surface area contributed by atoms with Crippen molar-refractivity contribution < 1.29 is 4.79 Å². The summed E-state index contributed by atoms with van der Waals surface area (Å²) in [5.41, 5.74) is 1.99. The van der Waals surface area contributed by atoms with Gasteiger partial charge in [-0.25, -0.2) is 0 Å². The lowest BCUT2D eigenvalue weighted by Gasteiger charge is -2.21. The second kappa shape index (κ2) is 10.2. The zero-order valence-corrected chi connectivity index (χ0v) is 14.3. The molecule has 0 saturated carbocycles. The molecule has 0 aromatic heterocycles. The summed E-state index contributed by atoms with van der Waals surface area (Å²) >= 11 is 0. The maximum atomic E-state index is 12.5. The van der Waals surface area contributed by atoms with Crippen LogP contribution in [0.4, 0.5) is 0 Å². The molecule has 4 heteroatoms. The van der Waals surface area contributed by atoms with Crippen LogP contribution in [-0.4, -0.2) is 38.2 Å². The van der Waals surface area contributed by atoms with Crippen molar-refractivity contribution in [2.24, 2.45) is 10.9 Å². The summed E-state index contributed by atoms with van der Waals surface area (Å²) in [5, 5.41) is 2.99. The minimum atomic E-state index is -0.109. The lowest BCUT2D eigenvalue weighted by atomic mass is 10.1. The maximum Gasteiger partial charge on any atom is 0.269 e. The van der Waals surface area contributed by atoms with E-state index in [0.29, 0.717) is 23.9 Å². The molecule has 0 spiro atoms. The van der Waals surface area contributed by atoms with Crippen molar-refractivity contribution in [2.75, 3.05) is 20.6 Å². The van der Waals surface area contributed by atoms with Gasteiger partial charge in [0.2, 0.25) is 0 Å². The van der Waals surface area contributed by atoms with Gasteiger partial charge in [0.25, 0.3) is 5.91 Å². The molecule has 1 N–H and O–H groups in total. The predicted octanol–water partition coefficient (Wildman–Crippen LogP) is 3.37. The van der Waals surface area contributed by atoms with E-state index in [1.807, 2.05) is 14.1 Å². The second-order valence-corrected chi connectivity index (χ2v) is 5.71. The SMILES string of the molecule is C=N/C(C(=C)CCC)=C(\C(=O)NCC(C)CCC)N(C)C. The quantitative estimate of drug-likeness (QED) is 0.381. The fraction of sp³-hybridized carbons (Fsp3) is 0.647. The van der Waals surface area contributed by atoms with Gasteiger partial charge in [0.1, 0.15) is 5.70 Å². The van der Waals surface area contributed by atoms with Crippen molar-refractivity contribution >= 4 is 12.6 Å². The third-order valence-corrected chi connectivity index (χ3v) is 3.32. The van der Waals surface area contributed by atoms with E-state index < -0.39 is 0 Å². The fourth-order valence-corrected chi connectivity index (χ4v) is 2.24. The van der Waals surface area contributed by atoms with Gasteiger partial charge in [0.05, 0.1) is 5.70 Å². The molecule has 0 radical (unpaired) electrons. The molecule has 1 unspecified atom stereocenters. The summed E-state index contributed by atoms with van der Waals surface area (Å²) in [5.74, 6) is 0.365. The minimum absolute atomic E-state index is 0.109. The van der Waals surface area contributed by atoms with E-state index in [1.54, 1.807) is 4.90 Å². The molecule has 4 nitrogen and oxygen atoms in total. The highest BCUT2D eigenvalue weighted by atomic mass is 16.2. The van der Waals surface area contributed by atoms with Crippen LogP contribution < -0.4 is 5.32 Å². The first kappa shape index (κ1) is 19.4. The molecule has 0 heterocycles. The monoisotopic (exact) mass is 293 g/mol. The number of aliphatic imine (C=N–C) groups is 1. The average molecular weight is 293 g/mol. The van der Waals surface area contributed by atoms with Crippen LogP contribution in [0, 0.1) is 5.92 Å². The highest BCUT2D eigenvalue weighted by molar-refractivity contribution is 5.94. The highest BCUT2D eigenvalue weighted by Crippen LogP contribution is 2.20. The Kier molecular flexibility index (Phi) is 9.42. The summed E-state index contributed by atoms with van der Waals surface area (Å²) < 4.78 is 0. The zero-order valence-electron chi connectivity index (χ0n) is 14.3. The van der Waals surface area contributed by atoms with Gasteiger partial charge in [0, 0.05) is 20.6 Å². The first-order valence-electron chi connectivity index (χ1n) is 7.73. The molecule has 0 aromatic carbocycles. The van der Waals surface area contributed by atoms with Crippen LogP contribution in [0.5, 0.6) is 0 Å². The van der Waals surface area contributed by atoms with Crippen molar-refractivity contribution in [3.63, 3.8) is 0 Å². The molecule has 1 amide bonds. The van der Waals surface area contributed by atoms with E-state index in [-0.39, 0.29) is 5.91 Å². The number of nitrogens with one attached hydrogen (secondary N) is 1. The van der Waals surface area contributed by atoms with E-state index >= 15 is 0 Å². The Morgan fingerprint density at radius 1 is 1.29 bits per heavy atom. The standard InChI is InChI=1S/C17H31N3O/c1-8-10-13(3)12-19-17(21)16(20(6)7)15(18-5)14(4)11-9-2/h13H,4-5,8-12H2,1-3,6-7H3,(H,19,21)/b16-15+. The molecular weight excluding hydrogens is 262 g/mol. The number of likely N-dealkylation sites (N-methyl/N-ethyl adjacent to an activating group) is 1. The average Bonchev–Trinajstić information content (AvgIpc) is 2.42. The molecule has 0 aliphatic rings. The van der Waals surface area contributed by atoms with Crippen LogP contribution in [0.15, 0.2) is 28.5 Å². The molecule has 21 heavy (non-hydrogen) atoms. The fourth-order valence-electron chi connectivity index (χ4n) is 2.24. The van der Waals surface area contributed by atoms with Gasteiger partial charge in [-0.3, -0.25) is 9.79 Å².